The minimum absolute atomic E-state index is 0.116. The minimum Gasteiger partial charge on any atom is -0.343 e. The second kappa shape index (κ2) is 5.63. The molecule has 0 aliphatic carbocycles. The fourth-order valence-electron chi connectivity index (χ4n) is 2.57. The number of carbonyl (C=O) groups excluding carboxylic acids is 1. The maximum atomic E-state index is 12.1. The highest BCUT2D eigenvalue weighted by Crippen LogP contribution is 2.16. The number of amides is 1. The van der Waals surface area contributed by atoms with Crippen molar-refractivity contribution in [3.8, 4) is 0 Å². The standard InChI is InChI=1S/C14H23N3O2/c1-10-4-7-16(8-5-10)13(18)6-9-17-12(3)11(2)15-14(17)19/h10H,4-9H2,1-3H3,(H,15,19). The van der Waals surface area contributed by atoms with Gasteiger partial charge in [0.1, 0.15) is 0 Å². The summed E-state index contributed by atoms with van der Waals surface area (Å²) < 4.78 is 1.65. The maximum Gasteiger partial charge on any atom is 0.325 e. The largest absolute Gasteiger partial charge is 0.343 e. The molecule has 5 heteroatoms. The quantitative estimate of drug-likeness (QED) is 0.899. The van der Waals surface area contributed by atoms with Gasteiger partial charge in [-0.3, -0.25) is 9.36 Å². The first-order valence-corrected chi connectivity index (χ1v) is 7.03. The molecule has 1 aromatic heterocycles. The van der Waals surface area contributed by atoms with Crippen LogP contribution in [0.4, 0.5) is 0 Å². The molecule has 1 amide bonds. The lowest BCUT2D eigenvalue weighted by Gasteiger charge is -2.30. The zero-order valence-electron chi connectivity index (χ0n) is 12.0. The van der Waals surface area contributed by atoms with Crippen LogP contribution in [-0.4, -0.2) is 33.4 Å². The molecule has 1 N–H and O–H groups in total. The van der Waals surface area contributed by atoms with Gasteiger partial charge in [-0.15, -0.1) is 0 Å². The Balaban J connectivity index is 1.92. The third kappa shape index (κ3) is 3.08. The summed E-state index contributed by atoms with van der Waals surface area (Å²) in [5.41, 5.74) is 1.68. The van der Waals surface area contributed by atoms with E-state index in [2.05, 4.69) is 11.9 Å². The molecule has 0 spiro atoms. The van der Waals surface area contributed by atoms with Crippen molar-refractivity contribution in [3.63, 3.8) is 0 Å². The van der Waals surface area contributed by atoms with Crippen LogP contribution in [-0.2, 0) is 11.3 Å². The molecule has 0 bridgehead atoms. The van der Waals surface area contributed by atoms with Gasteiger partial charge in [0.05, 0.1) is 0 Å². The Bertz CT molecular complexity index is 507. The van der Waals surface area contributed by atoms with Gasteiger partial charge in [-0.25, -0.2) is 4.79 Å². The lowest BCUT2D eigenvalue weighted by molar-refractivity contribution is -0.132. The van der Waals surface area contributed by atoms with E-state index in [0.717, 1.165) is 43.2 Å². The van der Waals surface area contributed by atoms with Crippen LogP contribution in [0, 0.1) is 19.8 Å². The number of imidazole rings is 1. The molecule has 1 aliphatic rings. The van der Waals surface area contributed by atoms with Crippen molar-refractivity contribution in [3.05, 3.63) is 21.9 Å². The number of likely N-dealkylation sites (tertiary alicyclic amines) is 1. The van der Waals surface area contributed by atoms with E-state index < -0.39 is 0 Å². The van der Waals surface area contributed by atoms with Crippen LogP contribution in [0.5, 0.6) is 0 Å². The molecule has 1 saturated heterocycles. The number of H-pyrrole nitrogens is 1. The highest BCUT2D eigenvalue weighted by Gasteiger charge is 2.20. The number of hydrogen-bond donors (Lipinski definition) is 1. The summed E-state index contributed by atoms with van der Waals surface area (Å²) >= 11 is 0. The number of nitrogens with one attached hydrogen (secondary N) is 1. The topological polar surface area (TPSA) is 58.1 Å². The SMILES string of the molecule is Cc1[nH]c(=O)n(CCC(=O)N2CCC(C)CC2)c1C. The van der Waals surface area contributed by atoms with E-state index in [9.17, 15) is 9.59 Å². The van der Waals surface area contributed by atoms with Crippen LogP contribution < -0.4 is 5.69 Å². The Kier molecular flexibility index (Phi) is 4.12. The number of aromatic amines is 1. The normalized spacial score (nSPS) is 16.9. The van der Waals surface area contributed by atoms with E-state index in [-0.39, 0.29) is 11.6 Å². The van der Waals surface area contributed by atoms with Crippen molar-refractivity contribution in [2.45, 2.75) is 46.6 Å². The molecule has 0 radical (unpaired) electrons. The predicted octanol–water partition coefficient (Wildman–Crippen LogP) is 1.44. The number of piperidine rings is 1. The van der Waals surface area contributed by atoms with Crippen LogP contribution in [0.1, 0.15) is 37.6 Å². The summed E-state index contributed by atoms with van der Waals surface area (Å²) in [4.78, 5) is 28.5. The first kappa shape index (κ1) is 13.9. The van der Waals surface area contributed by atoms with E-state index in [0.29, 0.717) is 13.0 Å². The van der Waals surface area contributed by atoms with E-state index in [1.807, 2.05) is 18.7 Å². The zero-order chi connectivity index (χ0) is 14.0. The van der Waals surface area contributed by atoms with Crippen LogP contribution in [0.15, 0.2) is 4.79 Å². The summed E-state index contributed by atoms with van der Waals surface area (Å²) in [6.45, 7) is 8.20. The fourth-order valence-corrected chi connectivity index (χ4v) is 2.57. The number of rotatable bonds is 3. The second-order valence-corrected chi connectivity index (χ2v) is 5.61. The lowest BCUT2D eigenvalue weighted by atomic mass is 9.99. The third-order valence-electron chi connectivity index (χ3n) is 4.17. The number of aromatic nitrogens is 2. The predicted molar refractivity (Wildman–Crippen MR) is 74.1 cm³/mol. The average molecular weight is 265 g/mol. The molecular formula is C14H23N3O2. The Hall–Kier alpha value is -1.52. The minimum atomic E-state index is -0.116. The summed E-state index contributed by atoms with van der Waals surface area (Å²) in [6, 6.07) is 0. The monoisotopic (exact) mass is 265 g/mol. The summed E-state index contributed by atoms with van der Waals surface area (Å²) in [7, 11) is 0. The van der Waals surface area contributed by atoms with Crippen molar-refractivity contribution < 1.29 is 4.79 Å². The fraction of sp³-hybridized carbons (Fsp3) is 0.714. The second-order valence-electron chi connectivity index (χ2n) is 5.61. The van der Waals surface area contributed by atoms with Crippen LogP contribution in [0.3, 0.4) is 0 Å². The zero-order valence-corrected chi connectivity index (χ0v) is 12.0. The average Bonchev–Trinajstić information content (AvgIpc) is 2.62. The van der Waals surface area contributed by atoms with Crippen molar-refractivity contribution in [1.82, 2.24) is 14.5 Å². The van der Waals surface area contributed by atoms with Gasteiger partial charge in [-0.2, -0.15) is 0 Å². The molecule has 2 heterocycles. The molecule has 0 saturated carbocycles. The molecule has 19 heavy (non-hydrogen) atoms. The first-order valence-electron chi connectivity index (χ1n) is 7.03. The molecular weight excluding hydrogens is 242 g/mol. The smallest absolute Gasteiger partial charge is 0.325 e. The van der Waals surface area contributed by atoms with Crippen LogP contribution >= 0.6 is 0 Å². The van der Waals surface area contributed by atoms with Crippen molar-refractivity contribution in [2.24, 2.45) is 5.92 Å². The van der Waals surface area contributed by atoms with E-state index in [4.69, 9.17) is 0 Å². The van der Waals surface area contributed by atoms with Crippen molar-refractivity contribution in [1.29, 1.82) is 0 Å². The first-order chi connectivity index (χ1) is 8.99. The lowest BCUT2D eigenvalue weighted by Crippen LogP contribution is -2.38. The number of carbonyl (C=O) groups is 1. The van der Waals surface area contributed by atoms with E-state index in [1.54, 1.807) is 4.57 Å². The number of aryl methyl sites for hydroxylation is 1. The van der Waals surface area contributed by atoms with Gasteiger partial charge in [-0.1, -0.05) is 6.92 Å². The third-order valence-corrected chi connectivity index (χ3v) is 4.17. The Morgan fingerprint density at radius 1 is 1.32 bits per heavy atom. The summed E-state index contributed by atoms with van der Waals surface area (Å²) in [5, 5.41) is 0. The molecule has 106 valence electrons. The highest BCUT2D eigenvalue weighted by atomic mass is 16.2. The van der Waals surface area contributed by atoms with Crippen LogP contribution in [0.2, 0.25) is 0 Å². The van der Waals surface area contributed by atoms with Gasteiger partial charge < -0.3 is 9.88 Å². The van der Waals surface area contributed by atoms with Crippen LogP contribution in [0.25, 0.3) is 0 Å². The van der Waals surface area contributed by atoms with Gasteiger partial charge in [0, 0.05) is 37.4 Å². The van der Waals surface area contributed by atoms with Crippen molar-refractivity contribution in [2.75, 3.05) is 13.1 Å². The van der Waals surface area contributed by atoms with Gasteiger partial charge in [0.15, 0.2) is 0 Å². The van der Waals surface area contributed by atoms with Gasteiger partial charge in [0.2, 0.25) is 5.91 Å². The van der Waals surface area contributed by atoms with Gasteiger partial charge in [-0.05, 0) is 32.6 Å². The number of nitrogens with zero attached hydrogens (tertiary/aromatic N) is 2. The molecule has 0 aromatic carbocycles. The summed E-state index contributed by atoms with van der Waals surface area (Å²) in [6.07, 6.45) is 2.59. The molecule has 1 fully saturated rings. The van der Waals surface area contributed by atoms with Gasteiger partial charge in [0.25, 0.3) is 0 Å². The molecule has 1 aromatic rings. The van der Waals surface area contributed by atoms with E-state index >= 15 is 0 Å². The molecule has 0 atom stereocenters. The Labute approximate surface area is 113 Å². The molecule has 1 aliphatic heterocycles. The number of hydrogen-bond acceptors (Lipinski definition) is 2. The van der Waals surface area contributed by atoms with Gasteiger partial charge >= 0.3 is 5.69 Å². The Morgan fingerprint density at radius 2 is 1.95 bits per heavy atom. The Morgan fingerprint density at radius 3 is 2.47 bits per heavy atom. The van der Waals surface area contributed by atoms with Crippen molar-refractivity contribution >= 4 is 5.91 Å². The highest BCUT2D eigenvalue weighted by molar-refractivity contribution is 5.76. The molecule has 0 unspecified atom stereocenters. The molecule has 2 rings (SSSR count). The van der Waals surface area contributed by atoms with E-state index in [1.165, 1.54) is 0 Å². The maximum absolute atomic E-state index is 12.1. The molecule has 5 nitrogen and oxygen atoms in total. The summed E-state index contributed by atoms with van der Waals surface area (Å²) in [5.74, 6) is 0.887.